The van der Waals surface area contributed by atoms with E-state index in [1.54, 1.807) is 0 Å². The predicted octanol–water partition coefficient (Wildman–Crippen LogP) is 10.0. The molecular formula is C32H43F3O. The lowest BCUT2D eigenvalue weighted by Crippen LogP contribution is -2.39. The molecule has 0 aromatic heterocycles. The molecule has 2 saturated carbocycles. The highest BCUT2D eigenvalue weighted by Gasteiger charge is 2.42. The van der Waals surface area contributed by atoms with Crippen molar-refractivity contribution in [2.24, 2.45) is 11.8 Å². The van der Waals surface area contributed by atoms with Gasteiger partial charge in [-0.15, -0.1) is 0 Å². The third-order valence-corrected chi connectivity index (χ3v) is 8.90. The molecule has 0 bridgehead atoms. The van der Waals surface area contributed by atoms with Crippen LogP contribution in [0.2, 0.25) is 0 Å². The van der Waals surface area contributed by atoms with Crippen molar-refractivity contribution in [2.45, 2.75) is 116 Å². The first-order valence-electron chi connectivity index (χ1n) is 14.3. The molecule has 2 fully saturated rings. The van der Waals surface area contributed by atoms with Crippen molar-refractivity contribution < 1.29 is 17.9 Å². The summed E-state index contributed by atoms with van der Waals surface area (Å²) in [7, 11) is 0. The summed E-state index contributed by atoms with van der Waals surface area (Å²) in [5.41, 5.74) is 3.17. The number of hydrogen-bond acceptors (Lipinski definition) is 1. The maximum absolute atomic E-state index is 12.9. The second-order valence-electron chi connectivity index (χ2n) is 11.3. The van der Waals surface area contributed by atoms with Crippen LogP contribution in [0, 0.1) is 11.8 Å². The van der Waals surface area contributed by atoms with Crippen LogP contribution < -0.4 is 4.74 Å². The molecule has 0 radical (unpaired) electrons. The highest BCUT2D eigenvalue weighted by atomic mass is 19.4. The first-order chi connectivity index (χ1) is 17.4. The summed E-state index contributed by atoms with van der Waals surface area (Å²) in [6.07, 6.45) is 12.4. The Morgan fingerprint density at radius 3 is 2.17 bits per heavy atom. The fourth-order valence-corrected chi connectivity index (χ4v) is 6.97. The molecule has 0 amide bonds. The Balaban J connectivity index is 1.53. The van der Waals surface area contributed by atoms with Gasteiger partial charge in [-0.1, -0.05) is 89.5 Å². The first-order valence-corrected chi connectivity index (χ1v) is 14.3. The summed E-state index contributed by atoms with van der Waals surface area (Å²) < 4.78 is 44.8. The number of alkyl halides is 3. The number of halogens is 3. The van der Waals surface area contributed by atoms with Gasteiger partial charge in [0.1, 0.15) is 12.4 Å². The molecule has 198 valence electrons. The van der Waals surface area contributed by atoms with Gasteiger partial charge >= 0.3 is 6.18 Å². The van der Waals surface area contributed by atoms with Crippen molar-refractivity contribution in [3.05, 3.63) is 64.7 Å². The van der Waals surface area contributed by atoms with Crippen LogP contribution in [0.15, 0.2) is 42.5 Å². The van der Waals surface area contributed by atoms with Gasteiger partial charge in [0.15, 0.2) is 0 Å². The van der Waals surface area contributed by atoms with Crippen LogP contribution in [-0.2, 0) is 24.6 Å². The van der Waals surface area contributed by atoms with Crippen LogP contribution in [0.1, 0.15) is 113 Å². The molecule has 0 saturated heterocycles. The minimum atomic E-state index is -4.31. The molecule has 2 aromatic rings. The van der Waals surface area contributed by atoms with E-state index in [2.05, 4.69) is 32.0 Å². The molecule has 4 heteroatoms. The molecule has 0 heterocycles. The Morgan fingerprint density at radius 1 is 0.861 bits per heavy atom. The molecular weight excluding hydrogens is 457 g/mol. The van der Waals surface area contributed by atoms with Gasteiger partial charge in [0.05, 0.1) is 5.56 Å². The maximum atomic E-state index is 12.9. The van der Waals surface area contributed by atoms with Gasteiger partial charge in [0.25, 0.3) is 0 Å². The lowest BCUT2D eigenvalue weighted by atomic mass is 9.57. The summed E-state index contributed by atoms with van der Waals surface area (Å²) >= 11 is 0. The fraction of sp³-hybridized carbons (Fsp3) is 0.625. The zero-order valence-electron chi connectivity index (χ0n) is 22.1. The van der Waals surface area contributed by atoms with Gasteiger partial charge < -0.3 is 4.74 Å². The second kappa shape index (κ2) is 12.0. The number of ether oxygens (including phenoxy) is 1. The van der Waals surface area contributed by atoms with Gasteiger partial charge in [-0.05, 0) is 84.2 Å². The molecule has 2 aliphatic carbocycles. The van der Waals surface area contributed by atoms with Crippen molar-refractivity contribution in [1.29, 1.82) is 0 Å². The molecule has 2 aliphatic rings. The van der Waals surface area contributed by atoms with E-state index in [1.165, 1.54) is 93.9 Å². The smallest absolute Gasteiger partial charge is 0.416 e. The van der Waals surface area contributed by atoms with Gasteiger partial charge in [0.2, 0.25) is 0 Å². The van der Waals surface area contributed by atoms with Crippen LogP contribution in [-0.4, -0.2) is 0 Å². The normalized spacial score (nSPS) is 22.4. The Bertz CT molecular complexity index is 948. The highest BCUT2D eigenvalue weighted by molar-refractivity contribution is 5.41. The highest BCUT2D eigenvalue weighted by Crippen LogP contribution is 2.51. The average molecular weight is 501 g/mol. The molecule has 0 unspecified atom stereocenters. The Labute approximate surface area is 215 Å². The number of benzene rings is 2. The maximum Gasteiger partial charge on any atom is 0.416 e. The molecule has 2 aromatic carbocycles. The number of aryl methyl sites for hydroxylation is 1. The van der Waals surface area contributed by atoms with Gasteiger partial charge in [0, 0.05) is 0 Å². The van der Waals surface area contributed by atoms with Crippen LogP contribution in [0.5, 0.6) is 5.75 Å². The minimum Gasteiger partial charge on any atom is -0.489 e. The molecule has 0 atom stereocenters. The van der Waals surface area contributed by atoms with Crippen LogP contribution in [0.4, 0.5) is 13.2 Å². The van der Waals surface area contributed by atoms with E-state index in [9.17, 15) is 13.2 Å². The van der Waals surface area contributed by atoms with Gasteiger partial charge in [-0.2, -0.15) is 13.2 Å². The third-order valence-electron chi connectivity index (χ3n) is 8.90. The Morgan fingerprint density at radius 2 is 1.56 bits per heavy atom. The van der Waals surface area contributed by atoms with Crippen molar-refractivity contribution in [1.82, 2.24) is 0 Å². The van der Waals surface area contributed by atoms with E-state index in [0.29, 0.717) is 5.41 Å². The standard InChI is InChI=1S/C32H43F3O/c1-3-8-24-10-14-27(15-11-24)31(20-6-5-7-21-31)29-18-19-30(26(22-29)9-4-2)36-23-25-12-16-28(17-13-25)32(33,34)35/h12-13,16-19,22,24,27H,3-11,14-15,20-21,23H2,1-2H3. The van der Waals surface area contributed by atoms with Crippen LogP contribution >= 0.6 is 0 Å². The van der Waals surface area contributed by atoms with E-state index < -0.39 is 11.7 Å². The van der Waals surface area contributed by atoms with E-state index >= 15 is 0 Å². The fourth-order valence-electron chi connectivity index (χ4n) is 6.97. The zero-order chi connectivity index (χ0) is 25.6. The predicted molar refractivity (Wildman–Crippen MR) is 141 cm³/mol. The summed E-state index contributed by atoms with van der Waals surface area (Å²) in [5, 5.41) is 0. The summed E-state index contributed by atoms with van der Waals surface area (Å²) in [6, 6.07) is 12.2. The summed E-state index contributed by atoms with van der Waals surface area (Å²) in [5.74, 6) is 2.57. The first kappa shape index (κ1) is 27.1. The van der Waals surface area contributed by atoms with E-state index in [-0.39, 0.29) is 6.61 Å². The molecule has 0 aliphatic heterocycles. The van der Waals surface area contributed by atoms with Crippen molar-refractivity contribution in [3.63, 3.8) is 0 Å². The average Bonchev–Trinajstić information content (AvgIpc) is 2.89. The largest absolute Gasteiger partial charge is 0.489 e. The van der Waals surface area contributed by atoms with Crippen LogP contribution in [0.3, 0.4) is 0 Å². The molecule has 0 spiro atoms. The van der Waals surface area contributed by atoms with E-state index in [1.807, 2.05) is 0 Å². The quantitative estimate of drug-likeness (QED) is 0.333. The molecule has 4 rings (SSSR count). The van der Waals surface area contributed by atoms with Crippen molar-refractivity contribution in [3.8, 4) is 5.75 Å². The molecule has 1 nitrogen and oxygen atoms in total. The molecule has 0 N–H and O–H groups in total. The topological polar surface area (TPSA) is 9.23 Å². The SMILES string of the molecule is CCCc1cc(C2(C3CCC(CCC)CC3)CCCCC2)ccc1OCc1ccc(C(F)(F)F)cc1. The van der Waals surface area contributed by atoms with Gasteiger partial charge in [-0.25, -0.2) is 0 Å². The lowest BCUT2D eigenvalue weighted by molar-refractivity contribution is -0.137. The van der Waals surface area contributed by atoms with E-state index in [4.69, 9.17) is 4.74 Å². The van der Waals surface area contributed by atoms with Crippen molar-refractivity contribution in [2.75, 3.05) is 0 Å². The molecule has 36 heavy (non-hydrogen) atoms. The summed E-state index contributed by atoms with van der Waals surface area (Å²) in [4.78, 5) is 0. The third kappa shape index (κ3) is 6.29. The van der Waals surface area contributed by atoms with Crippen LogP contribution in [0.25, 0.3) is 0 Å². The number of rotatable bonds is 9. The van der Waals surface area contributed by atoms with Crippen molar-refractivity contribution >= 4 is 0 Å². The zero-order valence-corrected chi connectivity index (χ0v) is 22.1. The second-order valence-corrected chi connectivity index (χ2v) is 11.3. The monoisotopic (exact) mass is 500 g/mol. The Kier molecular flexibility index (Phi) is 9.06. The van der Waals surface area contributed by atoms with E-state index in [0.717, 1.165) is 48.1 Å². The van der Waals surface area contributed by atoms with Gasteiger partial charge in [-0.3, -0.25) is 0 Å². The summed E-state index contributed by atoms with van der Waals surface area (Å²) in [6.45, 7) is 4.78. The lowest BCUT2D eigenvalue weighted by Gasteiger charge is -2.47. The minimum absolute atomic E-state index is 0.279. The number of hydrogen-bond donors (Lipinski definition) is 0. The Hall–Kier alpha value is -1.97.